The van der Waals surface area contributed by atoms with Crippen LogP contribution in [0.4, 0.5) is 4.39 Å². The van der Waals surface area contributed by atoms with Crippen molar-refractivity contribution in [2.45, 2.75) is 4.90 Å². The standard InChI is InChI=1S/C14H11FO5S/c15-10-2-1-3-11(7-10)21(19,20)8-14(18)9-4-5-12(16)13(17)6-9/h1-7,16-17H,8H2. The first-order valence-electron chi connectivity index (χ1n) is 5.83. The summed E-state index contributed by atoms with van der Waals surface area (Å²) < 4.78 is 37.1. The summed E-state index contributed by atoms with van der Waals surface area (Å²) in [4.78, 5) is 11.6. The molecule has 0 unspecified atom stereocenters. The highest BCUT2D eigenvalue weighted by molar-refractivity contribution is 7.92. The molecule has 0 spiro atoms. The zero-order valence-corrected chi connectivity index (χ0v) is 11.5. The summed E-state index contributed by atoms with van der Waals surface area (Å²) in [6.45, 7) is 0. The van der Waals surface area contributed by atoms with Crippen LogP contribution in [0.2, 0.25) is 0 Å². The zero-order valence-electron chi connectivity index (χ0n) is 10.7. The normalized spacial score (nSPS) is 11.3. The van der Waals surface area contributed by atoms with Crippen LogP contribution in [0.3, 0.4) is 0 Å². The Morgan fingerprint density at radius 2 is 1.76 bits per heavy atom. The Morgan fingerprint density at radius 3 is 2.38 bits per heavy atom. The number of Topliss-reactive ketones (excluding diaryl/α,β-unsaturated/α-hetero) is 1. The van der Waals surface area contributed by atoms with Crippen LogP contribution in [0.25, 0.3) is 0 Å². The molecule has 0 bridgehead atoms. The molecule has 0 aliphatic carbocycles. The minimum Gasteiger partial charge on any atom is -0.504 e. The average Bonchev–Trinajstić information content (AvgIpc) is 2.41. The van der Waals surface area contributed by atoms with E-state index in [1.54, 1.807) is 0 Å². The zero-order chi connectivity index (χ0) is 15.6. The van der Waals surface area contributed by atoms with E-state index in [4.69, 9.17) is 5.11 Å². The van der Waals surface area contributed by atoms with E-state index in [1.165, 1.54) is 18.2 Å². The van der Waals surface area contributed by atoms with Gasteiger partial charge in [-0.3, -0.25) is 4.79 Å². The second kappa shape index (κ2) is 5.53. The molecular formula is C14H11FO5S. The highest BCUT2D eigenvalue weighted by Crippen LogP contribution is 2.25. The molecule has 0 aromatic heterocycles. The maximum absolute atomic E-state index is 13.0. The smallest absolute Gasteiger partial charge is 0.185 e. The quantitative estimate of drug-likeness (QED) is 0.664. The van der Waals surface area contributed by atoms with E-state index in [9.17, 15) is 22.7 Å². The van der Waals surface area contributed by atoms with Gasteiger partial charge in [-0.05, 0) is 36.4 Å². The fraction of sp³-hybridized carbons (Fsp3) is 0.0714. The SMILES string of the molecule is O=C(CS(=O)(=O)c1cccc(F)c1)c1ccc(O)c(O)c1. The largest absolute Gasteiger partial charge is 0.504 e. The second-order valence-electron chi connectivity index (χ2n) is 4.34. The molecule has 21 heavy (non-hydrogen) atoms. The Morgan fingerprint density at radius 1 is 1.05 bits per heavy atom. The van der Waals surface area contributed by atoms with E-state index >= 15 is 0 Å². The van der Waals surface area contributed by atoms with Gasteiger partial charge in [-0.15, -0.1) is 0 Å². The van der Waals surface area contributed by atoms with Crippen molar-refractivity contribution in [2.24, 2.45) is 0 Å². The first kappa shape index (κ1) is 15.0. The number of hydrogen-bond donors (Lipinski definition) is 2. The summed E-state index contributed by atoms with van der Waals surface area (Å²) in [5, 5.41) is 18.4. The lowest BCUT2D eigenvalue weighted by molar-refractivity contribution is 0.102. The van der Waals surface area contributed by atoms with Gasteiger partial charge >= 0.3 is 0 Å². The molecule has 0 aliphatic heterocycles. The lowest BCUT2D eigenvalue weighted by Crippen LogP contribution is -2.16. The molecule has 2 aromatic carbocycles. The van der Waals surface area contributed by atoms with Gasteiger partial charge in [0.15, 0.2) is 27.1 Å². The third-order valence-electron chi connectivity index (χ3n) is 2.77. The van der Waals surface area contributed by atoms with Crippen molar-refractivity contribution in [3.63, 3.8) is 0 Å². The summed E-state index contributed by atoms with van der Waals surface area (Å²) in [6.07, 6.45) is 0. The van der Waals surface area contributed by atoms with Crippen molar-refractivity contribution in [1.82, 2.24) is 0 Å². The van der Waals surface area contributed by atoms with E-state index < -0.39 is 38.7 Å². The lowest BCUT2D eigenvalue weighted by atomic mass is 10.1. The first-order chi connectivity index (χ1) is 9.79. The van der Waals surface area contributed by atoms with Gasteiger partial charge in [0, 0.05) is 5.56 Å². The third kappa shape index (κ3) is 3.38. The number of sulfone groups is 1. The van der Waals surface area contributed by atoms with Crippen molar-refractivity contribution in [1.29, 1.82) is 0 Å². The number of phenolic OH excluding ortho intramolecular Hbond substituents is 2. The van der Waals surface area contributed by atoms with Gasteiger partial charge in [-0.25, -0.2) is 12.8 Å². The Hall–Kier alpha value is -2.41. The van der Waals surface area contributed by atoms with Crippen LogP contribution in [0.5, 0.6) is 11.5 Å². The van der Waals surface area contributed by atoms with Crippen LogP contribution in [0.15, 0.2) is 47.4 Å². The number of rotatable bonds is 4. The van der Waals surface area contributed by atoms with Crippen LogP contribution in [-0.2, 0) is 9.84 Å². The molecular weight excluding hydrogens is 299 g/mol. The number of phenols is 2. The molecule has 0 radical (unpaired) electrons. The van der Waals surface area contributed by atoms with Gasteiger partial charge in [0.05, 0.1) is 4.90 Å². The van der Waals surface area contributed by atoms with Gasteiger partial charge < -0.3 is 10.2 Å². The van der Waals surface area contributed by atoms with Crippen LogP contribution < -0.4 is 0 Å². The van der Waals surface area contributed by atoms with Gasteiger partial charge in [-0.2, -0.15) is 0 Å². The first-order valence-corrected chi connectivity index (χ1v) is 7.48. The molecule has 2 rings (SSSR count). The van der Waals surface area contributed by atoms with Gasteiger partial charge in [0.1, 0.15) is 11.6 Å². The molecule has 5 nitrogen and oxygen atoms in total. The monoisotopic (exact) mass is 310 g/mol. The summed E-state index contributed by atoms with van der Waals surface area (Å²) >= 11 is 0. The third-order valence-corrected chi connectivity index (χ3v) is 4.39. The van der Waals surface area contributed by atoms with Crippen LogP contribution >= 0.6 is 0 Å². The number of carbonyl (C=O) groups is 1. The minimum absolute atomic E-state index is 0.0646. The molecule has 0 fully saturated rings. The molecule has 0 amide bonds. The number of ketones is 1. The second-order valence-corrected chi connectivity index (χ2v) is 6.33. The fourth-order valence-corrected chi connectivity index (χ4v) is 2.95. The van der Waals surface area contributed by atoms with Crippen LogP contribution in [0, 0.1) is 5.82 Å². The van der Waals surface area contributed by atoms with Gasteiger partial charge in [-0.1, -0.05) is 6.07 Å². The summed E-state index contributed by atoms with van der Waals surface area (Å²) in [5.41, 5.74) is -0.0646. The highest BCUT2D eigenvalue weighted by atomic mass is 32.2. The van der Waals surface area contributed by atoms with E-state index in [0.717, 1.165) is 24.3 Å². The van der Waals surface area contributed by atoms with Gasteiger partial charge in [0.25, 0.3) is 0 Å². The van der Waals surface area contributed by atoms with Crippen molar-refractivity contribution in [3.8, 4) is 11.5 Å². The fourth-order valence-electron chi connectivity index (χ4n) is 1.70. The van der Waals surface area contributed by atoms with Crippen LogP contribution in [0.1, 0.15) is 10.4 Å². The Kier molecular flexibility index (Phi) is 3.95. The number of halogens is 1. The Labute approximate surface area is 120 Å². The number of carbonyl (C=O) groups excluding carboxylic acids is 1. The molecule has 110 valence electrons. The maximum atomic E-state index is 13.0. The number of aromatic hydroxyl groups is 2. The lowest BCUT2D eigenvalue weighted by Gasteiger charge is -2.05. The highest BCUT2D eigenvalue weighted by Gasteiger charge is 2.21. The predicted molar refractivity (Wildman–Crippen MR) is 72.6 cm³/mol. The molecule has 2 N–H and O–H groups in total. The van der Waals surface area contributed by atoms with Crippen molar-refractivity contribution in [3.05, 3.63) is 53.8 Å². The number of hydrogen-bond acceptors (Lipinski definition) is 5. The molecule has 0 aliphatic rings. The summed E-state index contributed by atoms with van der Waals surface area (Å²) in [6, 6.07) is 7.60. The van der Waals surface area contributed by atoms with Crippen LogP contribution in [-0.4, -0.2) is 30.2 Å². The topological polar surface area (TPSA) is 91.7 Å². The number of benzene rings is 2. The van der Waals surface area contributed by atoms with Crippen molar-refractivity contribution in [2.75, 3.05) is 5.75 Å². The summed E-state index contributed by atoms with van der Waals surface area (Å²) in [5.74, 6) is -3.29. The van der Waals surface area contributed by atoms with Crippen molar-refractivity contribution >= 4 is 15.6 Å². The summed E-state index contributed by atoms with van der Waals surface area (Å²) in [7, 11) is -3.99. The van der Waals surface area contributed by atoms with E-state index in [1.807, 2.05) is 0 Å². The van der Waals surface area contributed by atoms with E-state index in [2.05, 4.69) is 0 Å². The van der Waals surface area contributed by atoms with Gasteiger partial charge in [0.2, 0.25) is 0 Å². The molecule has 2 aromatic rings. The average molecular weight is 310 g/mol. The minimum atomic E-state index is -3.99. The molecule has 0 atom stereocenters. The predicted octanol–water partition coefficient (Wildman–Crippen LogP) is 1.89. The molecule has 0 saturated carbocycles. The Balaban J connectivity index is 2.28. The van der Waals surface area contributed by atoms with E-state index in [0.29, 0.717) is 0 Å². The molecule has 7 heteroatoms. The van der Waals surface area contributed by atoms with E-state index in [-0.39, 0.29) is 10.5 Å². The molecule has 0 heterocycles. The maximum Gasteiger partial charge on any atom is 0.185 e. The van der Waals surface area contributed by atoms with Crippen molar-refractivity contribution < 1.29 is 27.8 Å². The Bertz CT molecular complexity index is 799. The molecule has 0 saturated heterocycles.